The number of carbonyl (C=O) groups is 1. The first-order chi connectivity index (χ1) is 12.5. The molecular formula is C24H24O2. The highest BCUT2D eigenvalue weighted by Gasteiger charge is 2.13. The minimum absolute atomic E-state index is 0.129. The molecule has 0 aliphatic rings. The molecule has 0 aliphatic heterocycles. The lowest BCUT2D eigenvalue weighted by atomic mass is 9.86. The smallest absolute Gasteiger partial charge is 0.150 e. The van der Waals surface area contributed by atoms with Crippen molar-refractivity contribution in [3.8, 4) is 16.9 Å². The van der Waals surface area contributed by atoms with E-state index in [1.807, 2.05) is 48.5 Å². The number of hydrogen-bond acceptors (Lipinski definition) is 2. The van der Waals surface area contributed by atoms with Gasteiger partial charge in [-0.2, -0.15) is 0 Å². The van der Waals surface area contributed by atoms with E-state index in [2.05, 4.69) is 45.0 Å². The van der Waals surface area contributed by atoms with Gasteiger partial charge in [0, 0.05) is 5.56 Å². The molecule has 0 saturated heterocycles. The zero-order valence-electron chi connectivity index (χ0n) is 15.5. The van der Waals surface area contributed by atoms with Crippen LogP contribution in [0.3, 0.4) is 0 Å². The summed E-state index contributed by atoms with van der Waals surface area (Å²) in [6.45, 7) is 7.18. The molecule has 0 unspecified atom stereocenters. The largest absolute Gasteiger partial charge is 0.489 e. The van der Waals surface area contributed by atoms with Gasteiger partial charge in [0.25, 0.3) is 0 Å². The van der Waals surface area contributed by atoms with E-state index in [-0.39, 0.29) is 5.41 Å². The van der Waals surface area contributed by atoms with Crippen LogP contribution < -0.4 is 4.74 Å². The molecule has 26 heavy (non-hydrogen) atoms. The van der Waals surface area contributed by atoms with Gasteiger partial charge in [0.15, 0.2) is 0 Å². The Hall–Kier alpha value is -2.87. The summed E-state index contributed by atoms with van der Waals surface area (Å²) in [5.41, 5.74) is 5.42. The Morgan fingerprint density at radius 2 is 1.58 bits per heavy atom. The minimum atomic E-state index is 0.129. The Morgan fingerprint density at radius 3 is 2.27 bits per heavy atom. The molecule has 2 heteroatoms. The number of carbonyl (C=O) groups excluding carboxylic acids is 1. The van der Waals surface area contributed by atoms with E-state index in [0.717, 1.165) is 28.7 Å². The van der Waals surface area contributed by atoms with Gasteiger partial charge < -0.3 is 4.74 Å². The van der Waals surface area contributed by atoms with Crippen LogP contribution in [-0.2, 0) is 12.0 Å². The summed E-state index contributed by atoms with van der Waals surface area (Å²) in [5, 5.41) is 0. The molecule has 3 rings (SSSR count). The SMILES string of the molecule is CC(C)(C)c1cccc(COc2cccc(-c3ccc(C=O)cc3)c2)c1. The van der Waals surface area contributed by atoms with Crippen molar-refractivity contribution in [2.24, 2.45) is 0 Å². The van der Waals surface area contributed by atoms with Gasteiger partial charge in [-0.3, -0.25) is 4.79 Å². The highest BCUT2D eigenvalue weighted by Crippen LogP contribution is 2.26. The van der Waals surface area contributed by atoms with Crippen LogP contribution in [0, 0.1) is 0 Å². The third-order valence-corrected chi connectivity index (χ3v) is 4.41. The molecule has 0 heterocycles. The van der Waals surface area contributed by atoms with Crippen LogP contribution in [0.4, 0.5) is 0 Å². The summed E-state index contributed by atoms with van der Waals surface area (Å²) in [4.78, 5) is 10.8. The van der Waals surface area contributed by atoms with Crippen molar-refractivity contribution >= 4 is 6.29 Å². The number of hydrogen-bond donors (Lipinski definition) is 0. The average Bonchev–Trinajstić information content (AvgIpc) is 2.66. The maximum atomic E-state index is 10.8. The fraction of sp³-hybridized carbons (Fsp3) is 0.208. The molecule has 0 fully saturated rings. The molecule has 2 nitrogen and oxygen atoms in total. The van der Waals surface area contributed by atoms with Crippen LogP contribution in [0.25, 0.3) is 11.1 Å². The average molecular weight is 344 g/mol. The number of rotatable bonds is 5. The molecule has 0 spiro atoms. The summed E-state index contributed by atoms with van der Waals surface area (Å²) >= 11 is 0. The van der Waals surface area contributed by atoms with Crippen molar-refractivity contribution < 1.29 is 9.53 Å². The van der Waals surface area contributed by atoms with Crippen molar-refractivity contribution in [3.63, 3.8) is 0 Å². The van der Waals surface area contributed by atoms with Gasteiger partial charge in [-0.25, -0.2) is 0 Å². The number of aldehydes is 1. The van der Waals surface area contributed by atoms with E-state index in [4.69, 9.17) is 4.74 Å². The molecule has 0 radical (unpaired) electrons. The second-order valence-electron chi connectivity index (χ2n) is 7.51. The summed E-state index contributed by atoms with van der Waals surface area (Å²) < 4.78 is 6.01. The monoisotopic (exact) mass is 344 g/mol. The second-order valence-corrected chi connectivity index (χ2v) is 7.51. The van der Waals surface area contributed by atoms with Crippen molar-refractivity contribution in [2.75, 3.05) is 0 Å². The molecule has 0 saturated carbocycles. The van der Waals surface area contributed by atoms with Crippen LogP contribution in [0.15, 0.2) is 72.8 Å². The highest BCUT2D eigenvalue weighted by atomic mass is 16.5. The van der Waals surface area contributed by atoms with Gasteiger partial charge in [-0.1, -0.05) is 81.4 Å². The van der Waals surface area contributed by atoms with E-state index in [1.54, 1.807) is 0 Å². The fourth-order valence-corrected chi connectivity index (χ4v) is 2.81. The van der Waals surface area contributed by atoms with Gasteiger partial charge in [0.2, 0.25) is 0 Å². The van der Waals surface area contributed by atoms with E-state index in [9.17, 15) is 4.79 Å². The Morgan fingerprint density at radius 1 is 0.846 bits per heavy atom. The first-order valence-electron chi connectivity index (χ1n) is 8.83. The molecule has 132 valence electrons. The standard InChI is InChI=1S/C24H24O2/c1-24(2,3)22-8-4-6-19(14-22)17-26-23-9-5-7-21(15-23)20-12-10-18(16-25)11-13-20/h4-16H,17H2,1-3H3. The summed E-state index contributed by atoms with van der Waals surface area (Å²) in [6.07, 6.45) is 0.856. The lowest BCUT2D eigenvalue weighted by molar-refractivity contribution is 0.112. The predicted octanol–water partition coefficient (Wildman–Crippen LogP) is 6.04. The van der Waals surface area contributed by atoms with Crippen molar-refractivity contribution in [1.82, 2.24) is 0 Å². The van der Waals surface area contributed by atoms with Gasteiger partial charge in [-0.05, 0) is 39.8 Å². The molecule has 0 bridgehead atoms. The van der Waals surface area contributed by atoms with Gasteiger partial charge in [0.1, 0.15) is 18.6 Å². The molecular weight excluding hydrogens is 320 g/mol. The molecule has 0 N–H and O–H groups in total. The highest BCUT2D eigenvalue weighted by molar-refractivity contribution is 5.77. The fourth-order valence-electron chi connectivity index (χ4n) is 2.81. The summed E-state index contributed by atoms with van der Waals surface area (Å²) in [7, 11) is 0. The summed E-state index contributed by atoms with van der Waals surface area (Å²) in [6, 6.07) is 24.1. The number of benzene rings is 3. The maximum absolute atomic E-state index is 10.8. The quantitative estimate of drug-likeness (QED) is 0.527. The molecule has 0 aromatic heterocycles. The molecule has 0 atom stereocenters. The second kappa shape index (κ2) is 7.57. The molecule has 3 aromatic rings. The van der Waals surface area contributed by atoms with Crippen LogP contribution in [-0.4, -0.2) is 6.29 Å². The molecule has 3 aromatic carbocycles. The Kier molecular flexibility index (Phi) is 5.22. The first kappa shape index (κ1) is 17.9. The summed E-state index contributed by atoms with van der Waals surface area (Å²) in [5.74, 6) is 0.836. The van der Waals surface area contributed by atoms with Crippen LogP contribution >= 0.6 is 0 Å². The van der Waals surface area contributed by atoms with Crippen molar-refractivity contribution in [2.45, 2.75) is 32.8 Å². The van der Waals surface area contributed by atoms with Crippen molar-refractivity contribution in [1.29, 1.82) is 0 Å². The Bertz CT molecular complexity index is 887. The van der Waals surface area contributed by atoms with Gasteiger partial charge in [-0.15, -0.1) is 0 Å². The van der Waals surface area contributed by atoms with E-state index in [1.165, 1.54) is 5.56 Å². The minimum Gasteiger partial charge on any atom is -0.489 e. The zero-order chi connectivity index (χ0) is 18.6. The van der Waals surface area contributed by atoms with E-state index >= 15 is 0 Å². The third kappa shape index (κ3) is 4.40. The lowest BCUT2D eigenvalue weighted by Gasteiger charge is -2.19. The zero-order valence-corrected chi connectivity index (χ0v) is 15.5. The van der Waals surface area contributed by atoms with E-state index in [0.29, 0.717) is 12.2 Å². The van der Waals surface area contributed by atoms with Gasteiger partial charge >= 0.3 is 0 Å². The third-order valence-electron chi connectivity index (χ3n) is 4.41. The molecule has 0 aliphatic carbocycles. The van der Waals surface area contributed by atoms with Crippen LogP contribution in [0.5, 0.6) is 5.75 Å². The maximum Gasteiger partial charge on any atom is 0.150 e. The molecule has 0 amide bonds. The normalized spacial score (nSPS) is 11.2. The predicted molar refractivity (Wildman–Crippen MR) is 107 cm³/mol. The Labute approximate surface area is 155 Å². The van der Waals surface area contributed by atoms with E-state index < -0.39 is 0 Å². The van der Waals surface area contributed by atoms with Crippen molar-refractivity contribution in [3.05, 3.63) is 89.5 Å². The first-order valence-corrected chi connectivity index (χ1v) is 8.83. The van der Waals surface area contributed by atoms with Crippen LogP contribution in [0.1, 0.15) is 42.3 Å². The van der Waals surface area contributed by atoms with Gasteiger partial charge in [0.05, 0.1) is 0 Å². The lowest BCUT2D eigenvalue weighted by Crippen LogP contribution is -2.11. The number of ether oxygens (including phenoxy) is 1. The topological polar surface area (TPSA) is 26.3 Å². The Balaban J connectivity index is 1.74. The van der Waals surface area contributed by atoms with Crippen LogP contribution in [0.2, 0.25) is 0 Å².